The lowest BCUT2D eigenvalue weighted by Gasteiger charge is -2.10. The SMILES string of the molecule is Cc1ccc(C#N)c(=O)n1Cc1cccc(F)c1. The van der Waals surface area contributed by atoms with E-state index in [1.807, 2.05) is 6.07 Å². The predicted molar refractivity (Wildman–Crippen MR) is 65.7 cm³/mol. The Morgan fingerprint density at radius 1 is 1.33 bits per heavy atom. The first-order chi connectivity index (χ1) is 8.61. The van der Waals surface area contributed by atoms with Gasteiger partial charge in [0.25, 0.3) is 5.56 Å². The van der Waals surface area contributed by atoms with Gasteiger partial charge in [-0.15, -0.1) is 0 Å². The van der Waals surface area contributed by atoms with Gasteiger partial charge in [-0.05, 0) is 36.8 Å². The van der Waals surface area contributed by atoms with Gasteiger partial charge in [-0.25, -0.2) is 4.39 Å². The molecule has 90 valence electrons. The molecular formula is C14H11FN2O. The van der Waals surface area contributed by atoms with Crippen LogP contribution in [-0.2, 0) is 6.54 Å². The summed E-state index contributed by atoms with van der Waals surface area (Å²) >= 11 is 0. The number of halogens is 1. The molecule has 0 spiro atoms. The highest BCUT2D eigenvalue weighted by atomic mass is 19.1. The lowest BCUT2D eigenvalue weighted by atomic mass is 10.2. The second kappa shape index (κ2) is 4.84. The fourth-order valence-electron chi connectivity index (χ4n) is 1.77. The maximum atomic E-state index is 13.1. The van der Waals surface area contributed by atoms with E-state index in [4.69, 9.17) is 5.26 Å². The van der Waals surface area contributed by atoms with Crippen LogP contribution in [0.4, 0.5) is 4.39 Å². The molecule has 1 aromatic heterocycles. The summed E-state index contributed by atoms with van der Waals surface area (Å²) < 4.78 is 14.5. The maximum absolute atomic E-state index is 13.1. The van der Waals surface area contributed by atoms with E-state index in [1.165, 1.54) is 22.8 Å². The third-order valence-corrected chi connectivity index (χ3v) is 2.74. The summed E-state index contributed by atoms with van der Waals surface area (Å²) in [4.78, 5) is 12.0. The molecule has 0 radical (unpaired) electrons. The number of pyridine rings is 1. The van der Waals surface area contributed by atoms with E-state index in [9.17, 15) is 9.18 Å². The summed E-state index contributed by atoms with van der Waals surface area (Å²) in [5.74, 6) is -0.338. The topological polar surface area (TPSA) is 45.8 Å². The van der Waals surface area contributed by atoms with Crippen molar-refractivity contribution in [2.24, 2.45) is 0 Å². The first-order valence-corrected chi connectivity index (χ1v) is 5.47. The Morgan fingerprint density at radius 3 is 2.78 bits per heavy atom. The number of hydrogen-bond acceptors (Lipinski definition) is 2. The number of hydrogen-bond donors (Lipinski definition) is 0. The molecule has 4 heteroatoms. The van der Waals surface area contributed by atoms with Gasteiger partial charge in [-0.2, -0.15) is 5.26 Å². The molecule has 0 aliphatic rings. The fourth-order valence-corrected chi connectivity index (χ4v) is 1.77. The molecule has 0 amide bonds. The van der Waals surface area contributed by atoms with Crippen molar-refractivity contribution in [1.82, 2.24) is 4.57 Å². The number of aromatic nitrogens is 1. The first-order valence-electron chi connectivity index (χ1n) is 5.47. The minimum Gasteiger partial charge on any atom is -0.307 e. The molecule has 0 unspecified atom stereocenters. The smallest absolute Gasteiger partial charge is 0.268 e. The zero-order chi connectivity index (χ0) is 13.1. The average molecular weight is 242 g/mol. The number of aryl methyl sites for hydroxylation is 1. The van der Waals surface area contributed by atoms with Crippen LogP contribution in [0.5, 0.6) is 0 Å². The molecule has 0 saturated carbocycles. The van der Waals surface area contributed by atoms with Gasteiger partial charge in [0.05, 0.1) is 6.54 Å². The predicted octanol–water partition coefficient (Wildman–Crippen LogP) is 2.22. The minimum atomic E-state index is -0.346. The van der Waals surface area contributed by atoms with E-state index in [0.29, 0.717) is 5.56 Å². The van der Waals surface area contributed by atoms with Crippen molar-refractivity contribution < 1.29 is 4.39 Å². The van der Waals surface area contributed by atoms with Gasteiger partial charge in [0.1, 0.15) is 17.4 Å². The van der Waals surface area contributed by atoms with E-state index in [1.54, 1.807) is 25.1 Å². The van der Waals surface area contributed by atoms with Crippen LogP contribution in [0.2, 0.25) is 0 Å². The molecule has 18 heavy (non-hydrogen) atoms. The largest absolute Gasteiger partial charge is 0.307 e. The molecule has 0 aliphatic carbocycles. The number of nitrogens with zero attached hydrogens (tertiary/aromatic N) is 2. The highest BCUT2D eigenvalue weighted by molar-refractivity contribution is 5.28. The quantitative estimate of drug-likeness (QED) is 0.810. The van der Waals surface area contributed by atoms with Gasteiger partial charge in [0, 0.05) is 5.69 Å². The molecule has 0 atom stereocenters. The average Bonchev–Trinajstić information content (AvgIpc) is 2.35. The summed E-state index contributed by atoms with van der Waals surface area (Å²) in [5.41, 5.74) is 1.18. The van der Waals surface area contributed by atoms with Gasteiger partial charge < -0.3 is 4.57 Å². The normalized spacial score (nSPS) is 10.1. The standard InChI is InChI=1S/C14H11FN2O/c1-10-5-6-12(8-16)14(18)17(10)9-11-3-2-4-13(15)7-11/h2-7H,9H2,1H3. The van der Waals surface area contributed by atoms with E-state index in [2.05, 4.69) is 0 Å². The van der Waals surface area contributed by atoms with Crippen LogP contribution in [0.1, 0.15) is 16.8 Å². The van der Waals surface area contributed by atoms with Crippen LogP contribution in [-0.4, -0.2) is 4.57 Å². The van der Waals surface area contributed by atoms with E-state index in [-0.39, 0.29) is 23.5 Å². The lowest BCUT2D eigenvalue weighted by Crippen LogP contribution is -2.24. The molecule has 0 N–H and O–H groups in total. The molecule has 0 fully saturated rings. The summed E-state index contributed by atoms with van der Waals surface area (Å²) in [6.07, 6.45) is 0. The Kier molecular flexibility index (Phi) is 3.24. The summed E-state index contributed by atoms with van der Waals surface area (Å²) in [7, 11) is 0. The minimum absolute atomic E-state index is 0.0944. The summed E-state index contributed by atoms with van der Waals surface area (Å²) in [6, 6.07) is 11.1. The van der Waals surface area contributed by atoms with E-state index < -0.39 is 0 Å². The molecule has 1 heterocycles. The lowest BCUT2D eigenvalue weighted by molar-refractivity contribution is 0.622. The first kappa shape index (κ1) is 12.1. The zero-order valence-corrected chi connectivity index (χ0v) is 9.85. The van der Waals surface area contributed by atoms with Crippen LogP contribution in [0.3, 0.4) is 0 Å². The summed E-state index contributed by atoms with van der Waals surface area (Å²) in [5, 5.41) is 8.82. The van der Waals surface area contributed by atoms with Gasteiger partial charge in [-0.1, -0.05) is 12.1 Å². The number of benzene rings is 1. The van der Waals surface area contributed by atoms with Crippen LogP contribution in [0.15, 0.2) is 41.2 Å². The van der Waals surface area contributed by atoms with Crippen molar-refractivity contribution in [2.45, 2.75) is 13.5 Å². The Balaban J connectivity index is 2.47. The monoisotopic (exact) mass is 242 g/mol. The second-order valence-corrected chi connectivity index (χ2v) is 4.02. The third-order valence-electron chi connectivity index (χ3n) is 2.74. The second-order valence-electron chi connectivity index (χ2n) is 4.02. The highest BCUT2D eigenvalue weighted by Crippen LogP contribution is 2.07. The van der Waals surface area contributed by atoms with Crippen molar-refractivity contribution in [3.05, 3.63) is 69.4 Å². The molecule has 0 aliphatic heterocycles. The molecule has 0 saturated heterocycles. The Hall–Kier alpha value is -2.41. The van der Waals surface area contributed by atoms with Crippen molar-refractivity contribution in [3.63, 3.8) is 0 Å². The fraction of sp³-hybridized carbons (Fsp3) is 0.143. The van der Waals surface area contributed by atoms with E-state index in [0.717, 1.165) is 5.69 Å². The van der Waals surface area contributed by atoms with Crippen molar-refractivity contribution in [1.29, 1.82) is 5.26 Å². The van der Waals surface area contributed by atoms with Gasteiger partial charge >= 0.3 is 0 Å². The van der Waals surface area contributed by atoms with Gasteiger partial charge in [0.15, 0.2) is 0 Å². The molecule has 1 aromatic carbocycles. The molecule has 0 bridgehead atoms. The van der Waals surface area contributed by atoms with Crippen LogP contribution in [0, 0.1) is 24.1 Å². The molecular weight excluding hydrogens is 231 g/mol. The maximum Gasteiger partial charge on any atom is 0.268 e. The highest BCUT2D eigenvalue weighted by Gasteiger charge is 2.06. The molecule has 3 nitrogen and oxygen atoms in total. The third kappa shape index (κ3) is 2.30. The van der Waals surface area contributed by atoms with Gasteiger partial charge in [-0.3, -0.25) is 4.79 Å². The van der Waals surface area contributed by atoms with Crippen LogP contribution >= 0.6 is 0 Å². The van der Waals surface area contributed by atoms with Crippen molar-refractivity contribution >= 4 is 0 Å². The summed E-state index contributed by atoms with van der Waals surface area (Å²) in [6.45, 7) is 2.04. The zero-order valence-electron chi connectivity index (χ0n) is 9.85. The Labute approximate surface area is 104 Å². The Bertz CT molecular complexity index is 683. The van der Waals surface area contributed by atoms with Crippen LogP contribution < -0.4 is 5.56 Å². The van der Waals surface area contributed by atoms with Crippen molar-refractivity contribution in [2.75, 3.05) is 0 Å². The Morgan fingerprint density at radius 2 is 2.11 bits per heavy atom. The number of rotatable bonds is 2. The van der Waals surface area contributed by atoms with Crippen LogP contribution in [0.25, 0.3) is 0 Å². The molecule has 2 rings (SSSR count). The van der Waals surface area contributed by atoms with Crippen molar-refractivity contribution in [3.8, 4) is 6.07 Å². The van der Waals surface area contributed by atoms with E-state index >= 15 is 0 Å². The number of nitriles is 1. The molecule has 2 aromatic rings. The van der Waals surface area contributed by atoms with Gasteiger partial charge in [0.2, 0.25) is 0 Å².